The molecule has 1 unspecified atom stereocenters. The third-order valence-electron chi connectivity index (χ3n) is 4.36. The average molecular weight is 238 g/mol. The number of hydrogen-bond donors (Lipinski definition) is 1. The zero-order chi connectivity index (χ0) is 12.3. The highest BCUT2D eigenvalue weighted by atomic mass is 16.2. The molecule has 2 rings (SSSR count). The predicted molar refractivity (Wildman–Crippen MR) is 69.5 cm³/mol. The Kier molecular flexibility index (Phi) is 4.43. The van der Waals surface area contributed by atoms with E-state index >= 15 is 0 Å². The van der Waals surface area contributed by atoms with Gasteiger partial charge in [-0.2, -0.15) is 0 Å². The second-order valence-electron chi connectivity index (χ2n) is 6.07. The monoisotopic (exact) mass is 238 g/mol. The molecule has 1 amide bonds. The third kappa shape index (κ3) is 3.70. The van der Waals surface area contributed by atoms with Crippen molar-refractivity contribution in [3.05, 3.63) is 0 Å². The van der Waals surface area contributed by atoms with Crippen molar-refractivity contribution in [1.82, 2.24) is 4.90 Å². The van der Waals surface area contributed by atoms with Crippen LogP contribution in [0.25, 0.3) is 0 Å². The zero-order valence-corrected chi connectivity index (χ0v) is 11.0. The molecular formula is C14H26N2O. The van der Waals surface area contributed by atoms with Crippen LogP contribution in [0, 0.1) is 11.8 Å². The van der Waals surface area contributed by atoms with Crippen LogP contribution in [-0.2, 0) is 4.79 Å². The number of nitrogens with two attached hydrogens (primary N) is 1. The van der Waals surface area contributed by atoms with E-state index in [1.54, 1.807) is 0 Å². The van der Waals surface area contributed by atoms with Gasteiger partial charge in [0.15, 0.2) is 0 Å². The molecule has 0 bridgehead atoms. The molecule has 98 valence electrons. The Labute approximate surface area is 105 Å². The molecule has 17 heavy (non-hydrogen) atoms. The maximum absolute atomic E-state index is 12.2. The summed E-state index contributed by atoms with van der Waals surface area (Å²) in [6.45, 7) is 4.21. The van der Waals surface area contributed by atoms with Gasteiger partial charge in [-0.3, -0.25) is 4.79 Å². The van der Waals surface area contributed by atoms with Gasteiger partial charge in [-0.05, 0) is 50.4 Å². The SMILES string of the molecule is CC1CCCN(C(=O)CC2CCC(N)CC2)C1. The Bertz CT molecular complexity index is 259. The van der Waals surface area contributed by atoms with Crippen LogP contribution in [0.2, 0.25) is 0 Å². The number of amides is 1. The lowest BCUT2D eigenvalue weighted by Gasteiger charge is -2.33. The van der Waals surface area contributed by atoms with Crippen LogP contribution < -0.4 is 5.73 Å². The molecule has 3 heteroatoms. The number of rotatable bonds is 2. The van der Waals surface area contributed by atoms with Gasteiger partial charge in [0.25, 0.3) is 0 Å². The number of carbonyl (C=O) groups is 1. The molecule has 0 aromatic heterocycles. The van der Waals surface area contributed by atoms with E-state index in [0.29, 0.717) is 23.8 Å². The smallest absolute Gasteiger partial charge is 0.222 e. The van der Waals surface area contributed by atoms with Gasteiger partial charge in [-0.15, -0.1) is 0 Å². The summed E-state index contributed by atoms with van der Waals surface area (Å²) in [6, 6.07) is 0.386. The van der Waals surface area contributed by atoms with Crippen LogP contribution in [-0.4, -0.2) is 29.9 Å². The van der Waals surface area contributed by atoms with Crippen molar-refractivity contribution in [2.24, 2.45) is 17.6 Å². The molecular weight excluding hydrogens is 212 g/mol. The highest BCUT2D eigenvalue weighted by Crippen LogP contribution is 2.27. The first-order valence-corrected chi connectivity index (χ1v) is 7.18. The molecule has 0 radical (unpaired) electrons. The second kappa shape index (κ2) is 5.85. The summed E-state index contributed by atoms with van der Waals surface area (Å²) in [5, 5.41) is 0. The Morgan fingerprint density at radius 3 is 2.59 bits per heavy atom. The summed E-state index contributed by atoms with van der Waals surface area (Å²) in [6.07, 6.45) is 7.74. The van der Waals surface area contributed by atoms with Crippen LogP contribution in [0.3, 0.4) is 0 Å². The highest BCUT2D eigenvalue weighted by molar-refractivity contribution is 5.76. The molecule has 1 atom stereocenters. The van der Waals surface area contributed by atoms with Crippen molar-refractivity contribution in [3.63, 3.8) is 0 Å². The molecule has 0 spiro atoms. The lowest BCUT2D eigenvalue weighted by molar-refractivity contribution is -0.134. The van der Waals surface area contributed by atoms with E-state index in [9.17, 15) is 4.79 Å². The molecule has 1 aliphatic carbocycles. The number of likely N-dealkylation sites (tertiary alicyclic amines) is 1. The van der Waals surface area contributed by atoms with E-state index in [1.807, 2.05) is 0 Å². The Hall–Kier alpha value is -0.570. The van der Waals surface area contributed by atoms with Crippen LogP contribution in [0.4, 0.5) is 0 Å². The van der Waals surface area contributed by atoms with Gasteiger partial charge >= 0.3 is 0 Å². The number of carbonyl (C=O) groups excluding carboxylic acids is 1. The fourth-order valence-electron chi connectivity index (χ4n) is 3.18. The molecule has 3 nitrogen and oxygen atoms in total. The average Bonchev–Trinajstić information content (AvgIpc) is 2.32. The van der Waals surface area contributed by atoms with Crippen LogP contribution in [0.15, 0.2) is 0 Å². The van der Waals surface area contributed by atoms with E-state index in [-0.39, 0.29) is 0 Å². The largest absolute Gasteiger partial charge is 0.342 e. The zero-order valence-electron chi connectivity index (χ0n) is 11.0. The maximum atomic E-state index is 12.2. The van der Waals surface area contributed by atoms with Crippen molar-refractivity contribution >= 4 is 5.91 Å². The summed E-state index contributed by atoms with van der Waals surface area (Å²) in [5.41, 5.74) is 5.89. The quantitative estimate of drug-likeness (QED) is 0.801. The molecule has 2 aliphatic rings. The van der Waals surface area contributed by atoms with E-state index in [1.165, 1.54) is 12.8 Å². The normalized spacial score (nSPS) is 34.7. The fraction of sp³-hybridized carbons (Fsp3) is 0.929. The summed E-state index contributed by atoms with van der Waals surface area (Å²) in [4.78, 5) is 14.3. The minimum Gasteiger partial charge on any atom is -0.342 e. The predicted octanol–water partition coefficient (Wildman–Crippen LogP) is 2.15. The minimum atomic E-state index is 0.386. The summed E-state index contributed by atoms with van der Waals surface area (Å²) >= 11 is 0. The van der Waals surface area contributed by atoms with E-state index in [0.717, 1.165) is 45.2 Å². The minimum absolute atomic E-state index is 0.386. The Balaban J connectivity index is 1.76. The Morgan fingerprint density at radius 2 is 1.94 bits per heavy atom. The fourth-order valence-corrected chi connectivity index (χ4v) is 3.18. The molecule has 2 N–H and O–H groups in total. The first kappa shape index (κ1) is 12.9. The van der Waals surface area contributed by atoms with Crippen LogP contribution >= 0.6 is 0 Å². The van der Waals surface area contributed by atoms with E-state index in [2.05, 4.69) is 11.8 Å². The summed E-state index contributed by atoms with van der Waals surface area (Å²) < 4.78 is 0. The van der Waals surface area contributed by atoms with Crippen molar-refractivity contribution in [2.45, 2.75) is 57.9 Å². The Morgan fingerprint density at radius 1 is 1.24 bits per heavy atom. The molecule has 1 heterocycles. The molecule has 1 saturated heterocycles. The second-order valence-corrected chi connectivity index (χ2v) is 6.07. The summed E-state index contributed by atoms with van der Waals surface area (Å²) in [5.74, 6) is 1.67. The molecule has 0 aromatic carbocycles. The molecule has 2 fully saturated rings. The van der Waals surface area contributed by atoms with Crippen molar-refractivity contribution in [1.29, 1.82) is 0 Å². The van der Waals surface area contributed by atoms with Crippen molar-refractivity contribution < 1.29 is 4.79 Å². The van der Waals surface area contributed by atoms with Gasteiger partial charge in [0.05, 0.1) is 0 Å². The van der Waals surface area contributed by atoms with Crippen molar-refractivity contribution in [2.75, 3.05) is 13.1 Å². The van der Waals surface area contributed by atoms with Crippen LogP contribution in [0.1, 0.15) is 51.9 Å². The topological polar surface area (TPSA) is 46.3 Å². The summed E-state index contributed by atoms with van der Waals surface area (Å²) in [7, 11) is 0. The van der Waals surface area contributed by atoms with Gasteiger partial charge in [-0.1, -0.05) is 6.92 Å². The molecule has 1 saturated carbocycles. The lowest BCUT2D eigenvalue weighted by Crippen LogP contribution is -2.40. The maximum Gasteiger partial charge on any atom is 0.222 e. The highest BCUT2D eigenvalue weighted by Gasteiger charge is 2.25. The number of piperidine rings is 1. The number of hydrogen-bond acceptors (Lipinski definition) is 2. The molecule has 0 aromatic rings. The molecule has 1 aliphatic heterocycles. The third-order valence-corrected chi connectivity index (χ3v) is 4.36. The van der Waals surface area contributed by atoms with Gasteiger partial charge in [0.2, 0.25) is 5.91 Å². The van der Waals surface area contributed by atoms with E-state index < -0.39 is 0 Å². The van der Waals surface area contributed by atoms with E-state index in [4.69, 9.17) is 5.73 Å². The van der Waals surface area contributed by atoms with Gasteiger partial charge in [-0.25, -0.2) is 0 Å². The lowest BCUT2D eigenvalue weighted by atomic mass is 9.84. The van der Waals surface area contributed by atoms with Gasteiger partial charge in [0, 0.05) is 25.6 Å². The van der Waals surface area contributed by atoms with Gasteiger partial charge < -0.3 is 10.6 Å². The number of nitrogens with zero attached hydrogens (tertiary/aromatic N) is 1. The first-order valence-electron chi connectivity index (χ1n) is 7.18. The van der Waals surface area contributed by atoms with Crippen LogP contribution in [0.5, 0.6) is 0 Å². The van der Waals surface area contributed by atoms with Crippen molar-refractivity contribution in [3.8, 4) is 0 Å². The first-order chi connectivity index (χ1) is 8.15. The standard InChI is InChI=1S/C14H26N2O/c1-11-3-2-8-16(10-11)14(17)9-12-4-6-13(15)7-5-12/h11-13H,2-10,15H2,1H3. The van der Waals surface area contributed by atoms with Gasteiger partial charge in [0.1, 0.15) is 0 Å².